The lowest BCUT2D eigenvalue weighted by atomic mass is 9.61. The minimum Gasteiger partial charge on any atom is -0.508 e. The van der Waals surface area contributed by atoms with Crippen molar-refractivity contribution in [2.75, 3.05) is 0 Å². The van der Waals surface area contributed by atoms with E-state index >= 15 is 0 Å². The van der Waals surface area contributed by atoms with Crippen LogP contribution in [-0.4, -0.2) is 20.3 Å². The number of hydrogen-bond donors (Lipinski definition) is 2. The second-order valence-electron chi connectivity index (χ2n) is 8.69. The maximum Gasteiger partial charge on any atom is 0.181 e. The maximum absolute atomic E-state index is 10.3. The Morgan fingerprint density at radius 1 is 0.900 bits per heavy atom. The highest BCUT2D eigenvalue weighted by Gasteiger charge is 2.41. The van der Waals surface area contributed by atoms with Gasteiger partial charge in [0, 0.05) is 23.0 Å². The highest BCUT2D eigenvalue weighted by molar-refractivity contribution is 5.71. The number of aliphatic hydroxyl groups is 1. The third kappa shape index (κ3) is 2.74. The average Bonchev–Trinajstić information content (AvgIpc) is 3.28. The molecule has 0 amide bonds. The van der Waals surface area contributed by atoms with Gasteiger partial charge in [0.1, 0.15) is 5.76 Å². The van der Waals surface area contributed by atoms with E-state index in [1.165, 1.54) is 11.1 Å². The molecule has 6 rings (SSSR count). The molecule has 1 aromatic rings. The Morgan fingerprint density at radius 2 is 1.73 bits per heavy atom. The Bertz CT molecular complexity index is 1130. The normalized spacial score (nSPS) is 31.5. The summed E-state index contributed by atoms with van der Waals surface area (Å²) >= 11 is 0. The van der Waals surface area contributed by atoms with Crippen molar-refractivity contribution in [2.24, 2.45) is 23.7 Å². The van der Waals surface area contributed by atoms with Gasteiger partial charge in [0.15, 0.2) is 11.6 Å². The molecule has 0 radical (unpaired) electrons. The van der Waals surface area contributed by atoms with Gasteiger partial charge in [-0.2, -0.15) is 5.10 Å². The summed E-state index contributed by atoms with van der Waals surface area (Å²) in [4.78, 5) is 4.85. The first-order valence-corrected chi connectivity index (χ1v) is 11.0. The summed E-state index contributed by atoms with van der Waals surface area (Å²) in [5.74, 6) is 3.34. The van der Waals surface area contributed by atoms with Crippen LogP contribution in [0, 0.1) is 23.7 Å². The number of nitrogens with one attached hydrogen (secondary N) is 1. The summed E-state index contributed by atoms with van der Waals surface area (Å²) in [6.07, 6.45) is 28.4. The Morgan fingerprint density at radius 3 is 2.67 bits per heavy atom. The van der Waals surface area contributed by atoms with Gasteiger partial charge in [-0.3, -0.25) is 5.10 Å². The summed E-state index contributed by atoms with van der Waals surface area (Å²) in [6.45, 7) is 0. The van der Waals surface area contributed by atoms with E-state index in [1.807, 2.05) is 6.08 Å². The van der Waals surface area contributed by atoms with Crippen LogP contribution in [0.2, 0.25) is 0 Å². The predicted octanol–water partition coefficient (Wildman–Crippen LogP) is 5.63. The van der Waals surface area contributed by atoms with E-state index in [-0.39, 0.29) is 11.7 Å². The van der Waals surface area contributed by atoms with Crippen molar-refractivity contribution in [2.45, 2.75) is 25.7 Å². The number of H-pyrrole nitrogens is 1. The highest BCUT2D eigenvalue weighted by Crippen LogP contribution is 2.50. The van der Waals surface area contributed by atoms with Crippen molar-refractivity contribution in [3.8, 4) is 0 Å². The van der Waals surface area contributed by atoms with Crippen molar-refractivity contribution in [1.82, 2.24) is 15.2 Å². The molecule has 5 aliphatic rings. The summed E-state index contributed by atoms with van der Waals surface area (Å²) in [6, 6.07) is 0. The quantitative estimate of drug-likeness (QED) is 0.682. The van der Waals surface area contributed by atoms with Crippen LogP contribution in [0.25, 0.3) is 11.1 Å². The number of hydrogen-bond acceptors (Lipinski definition) is 3. The molecule has 1 heterocycles. The van der Waals surface area contributed by atoms with Crippen molar-refractivity contribution in [3.63, 3.8) is 0 Å². The highest BCUT2D eigenvalue weighted by atomic mass is 16.3. The minimum atomic E-state index is 0.282. The first-order valence-electron chi connectivity index (χ1n) is 11.0. The van der Waals surface area contributed by atoms with E-state index in [2.05, 4.69) is 64.9 Å². The molecule has 4 atom stereocenters. The van der Waals surface area contributed by atoms with Crippen LogP contribution in [-0.2, 0) is 0 Å². The van der Waals surface area contributed by atoms with Crippen LogP contribution in [0.15, 0.2) is 83.7 Å². The Labute approximate surface area is 176 Å². The van der Waals surface area contributed by atoms with Crippen molar-refractivity contribution in [1.29, 1.82) is 0 Å². The topological polar surface area (TPSA) is 61.8 Å². The number of aliphatic hydroxyl groups excluding tert-OH is 1. The Balaban J connectivity index is 1.44. The van der Waals surface area contributed by atoms with Gasteiger partial charge in [0.25, 0.3) is 0 Å². The molecule has 0 bridgehead atoms. The molecule has 1 aromatic heterocycles. The number of fused-ring (bicyclic) bond motifs is 4. The third-order valence-corrected chi connectivity index (χ3v) is 7.08. The van der Waals surface area contributed by atoms with E-state index in [0.717, 1.165) is 37.1 Å². The van der Waals surface area contributed by atoms with Gasteiger partial charge in [-0.15, -0.1) is 0 Å². The predicted molar refractivity (Wildman–Crippen MR) is 119 cm³/mol. The number of aromatic nitrogens is 3. The molecule has 30 heavy (non-hydrogen) atoms. The summed E-state index contributed by atoms with van der Waals surface area (Å²) in [5.41, 5.74) is 4.99. The van der Waals surface area contributed by atoms with E-state index in [9.17, 15) is 5.11 Å². The first-order chi connectivity index (χ1) is 14.8. The lowest BCUT2D eigenvalue weighted by molar-refractivity contribution is 0.339. The molecule has 2 N–H and O–H groups in total. The molecular formula is C26H25N3O. The molecule has 0 aliphatic heterocycles. The second kappa shape index (κ2) is 6.98. The number of aromatic amines is 1. The zero-order chi connectivity index (χ0) is 20.1. The van der Waals surface area contributed by atoms with E-state index in [4.69, 9.17) is 4.98 Å². The molecule has 4 unspecified atom stereocenters. The number of rotatable bonds is 2. The van der Waals surface area contributed by atoms with Crippen molar-refractivity contribution >= 4 is 11.1 Å². The van der Waals surface area contributed by atoms with Crippen LogP contribution in [0.4, 0.5) is 0 Å². The lowest BCUT2D eigenvalue weighted by Crippen LogP contribution is -2.34. The monoisotopic (exact) mass is 395 g/mol. The van der Waals surface area contributed by atoms with Crippen molar-refractivity contribution < 1.29 is 5.11 Å². The van der Waals surface area contributed by atoms with Crippen LogP contribution in [0.5, 0.6) is 0 Å². The molecule has 5 aliphatic carbocycles. The molecule has 0 aromatic carbocycles. The van der Waals surface area contributed by atoms with Crippen LogP contribution >= 0.6 is 0 Å². The minimum absolute atomic E-state index is 0.282. The molecule has 0 spiro atoms. The third-order valence-electron chi connectivity index (χ3n) is 7.08. The van der Waals surface area contributed by atoms with Crippen LogP contribution < -0.4 is 0 Å². The van der Waals surface area contributed by atoms with Gasteiger partial charge in [-0.1, -0.05) is 66.3 Å². The summed E-state index contributed by atoms with van der Waals surface area (Å²) in [5, 5.41) is 17.9. The standard InChI is InChI=1S/C26H25N3O/c30-24-12-6-5-11-21(24)25-27-26(29-28-25)23-15-22-17-8-2-1-7-16(17)13-14-20(22)18-9-3-4-10-19(18)23/h1,3-4,6-7,9-10,12-15,18-20,22,30H,2,5,8,11H2,(H,27,28,29). The van der Waals surface area contributed by atoms with Gasteiger partial charge < -0.3 is 5.11 Å². The van der Waals surface area contributed by atoms with Gasteiger partial charge >= 0.3 is 0 Å². The maximum atomic E-state index is 10.3. The molecule has 0 saturated heterocycles. The second-order valence-corrected chi connectivity index (χ2v) is 8.69. The van der Waals surface area contributed by atoms with Crippen LogP contribution in [0.3, 0.4) is 0 Å². The fourth-order valence-electron chi connectivity index (χ4n) is 5.62. The summed E-state index contributed by atoms with van der Waals surface area (Å²) < 4.78 is 0. The SMILES string of the molecule is OC1=C(c2n[nH]c(C3=CC4C5=C(C=CCC5)C=CC4C4C=CC=CC34)n2)CCC=C1. The van der Waals surface area contributed by atoms with E-state index < -0.39 is 0 Å². The van der Waals surface area contributed by atoms with E-state index in [1.54, 1.807) is 11.6 Å². The Kier molecular flexibility index (Phi) is 4.12. The smallest absolute Gasteiger partial charge is 0.181 e. The molecule has 4 nitrogen and oxygen atoms in total. The van der Waals surface area contributed by atoms with Gasteiger partial charge in [0.2, 0.25) is 0 Å². The van der Waals surface area contributed by atoms with Gasteiger partial charge in [-0.25, -0.2) is 4.98 Å². The molecule has 150 valence electrons. The van der Waals surface area contributed by atoms with Gasteiger partial charge in [0.05, 0.1) is 0 Å². The molecule has 0 saturated carbocycles. The lowest BCUT2D eigenvalue weighted by Gasteiger charge is -2.43. The number of allylic oxidation sites excluding steroid dienone is 15. The molecule has 0 fully saturated rings. The molecule has 4 heteroatoms. The van der Waals surface area contributed by atoms with Crippen molar-refractivity contribution in [3.05, 3.63) is 95.4 Å². The van der Waals surface area contributed by atoms with E-state index in [0.29, 0.717) is 23.6 Å². The Hall–Kier alpha value is -3.14. The zero-order valence-electron chi connectivity index (χ0n) is 16.8. The average molecular weight is 396 g/mol. The summed E-state index contributed by atoms with van der Waals surface area (Å²) in [7, 11) is 0. The van der Waals surface area contributed by atoms with Crippen LogP contribution in [0.1, 0.15) is 37.3 Å². The fraction of sp³-hybridized carbons (Fsp3) is 0.308. The molecular weight excluding hydrogens is 370 g/mol. The fourth-order valence-corrected chi connectivity index (χ4v) is 5.62. The van der Waals surface area contributed by atoms with Gasteiger partial charge in [-0.05, 0) is 49.2 Å². The largest absolute Gasteiger partial charge is 0.508 e. The zero-order valence-corrected chi connectivity index (χ0v) is 16.8. The number of nitrogens with zero attached hydrogens (tertiary/aromatic N) is 2. The first kappa shape index (κ1) is 17.7.